The quantitative estimate of drug-likeness (QED) is 0.576. The molecule has 2 aromatic carbocycles. The third-order valence-electron chi connectivity index (χ3n) is 4.52. The van der Waals surface area contributed by atoms with Gasteiger partial charge in [-0.25, -0.2) is 17.2 Å². The zero-order valence-electron chi connectivity index (χ0n) is 15.0. The molecule has 1 aliphatic carbocycles. The summed E-state index contributed by atoms with van der Waals surface area (Å²) in [5, 5.41) is 4.71. The van der Waals surface area contributed by atoms with E-state index in [-0.39, 0.29) is 16.5 Å². The van der Waals surface area contributed by atoms with Crippen molar-refractivity contribution in [3.8, 4) is 0 Å². The lowest BCUT2D eigenvalue weighted by atomic mass is 10.1. The largest absolute Gasteiger partial charge is 0.321 e. The molecule has 0 saturated heterocycles. The fourth-order valence-corrected chi connectivity index (χ4v) is 4.84. The monoisotopic (exact) mass is 434 g/mol. The van der Waals surface area contributed by atoms with Crippen LogP contribution in [0.5, 0.6) is 0 Å². The van der Waals surface area contributed by atoms with Crippen LogP contribution in [-0.2, 0) is 10.0 Å². The number of hydrogen-bond acceptors (Lipinski definition) is 4. The number of sulfonamides is 1. The van der Waals surface area contributed by atoms with Gasteiger partial charge in [-0.2, -0.15) is 0 Å². The predicted octanol–water partition coefficient (Wildman–Crippen LogP) is 4.96. The van der Waals surface area contributed by atoms with Crippen molar-refractivity contribution < 1.29 is 22.0 Å². The van der Waals surface area contributed by atoms with Gasteiger partial charge in [0.25, 0.3) is 15.9 Å². The lowest BCUT2D eigenvalue weighted by Gasteiger charge is -2.10. The number of rotatable bonds is 6. The van der Waals surface area contributed by atoms with Crippen LogP contribution < -0.4 is 10.0 Å². The van der Waals surface area contributed by atoms with Gasteiger partial charge in [-0.3, -0.25) is 9.52 Å². The van der Waals surface area contributed by atoms with Crippen LogP contribution in [0.25, 0.3) is 0 Å². The average molecular weight is 434 g/mol. The Morgan fingerprint density at radius 1 is 0.966 bits per heavy atom. The molecular weight excluding hydrogens is 418 g/mol. The normalized spacial score (nSPS) is 13.9. The maximum Gasteiger partial charge on any atom is 0.266 e. The molecule has 1 heterocycles. The number of thiophene rings is 1. The first-order valence-electron chi connectivity index (χ1n) is 8.80. The molecule has 0 bridgehead atoms. The van der Waals surface area contributed by atoms with Crippen molar-refractivity contribution in [1.29, 1.82) is 0 Å². The highest BCUT2D eigenvalue weighted by Gasteiger charge is 2.29. The number of nitrogens with one attached hydrogen (secondary N) is 2. The third-order valence-corrected chi connectivity index (χ3v) is 6.82. The van der Waals surface area contributed by atoms with Crippen molar-refractivity contribution in [2.24, 2.45) is 0 Å². The SMILES string of the molecule is O=C(Nc1ccc(NS(=O)(=O)c2ccc(F)c(F)c2)cc1)c1sccc1C1CC1. The molecule has 1 aromatic heterocycles. The Hall–Kier alpha value is -2.78. The molecule has 2 N–H and O–H groups in total. The van der Waals surface area contributed by atoms with Crippen molar-refractivity contribution in [2.45, 2.75) is 23.7 Å². The van der Waals surface area contributed by atoms with Crippen LogP contribution in [-0.4, -0.2) is 14.3 Å². The standard InChI is InChI=1S/C20H16F2N2O3S2/c21-17-8-7-15(11-18(17)22)29(26,27)24-14-5-3-13(4-6-14)23-20(25)19-16(9-10-28-19)12-1-2-12/h3-12,24H,1-2H2,(H,23,25). The molecule has 0 aliphatic heterocycles. The molecule has 1 saturated carbocycles. The maximum absolute atomic E-state index is 13.3. The summed E-state index contributed by atoms with van der Waals surface area (Å²) in [6, 6.07) is 10.4. The van der Waals surface area contributed by atoms with Crippen LogP contribution in [0.15, 0.2) is 58.8 Å². The summed E-state index contributed by atoms with van der Waals surface area (Å²) >= 11 is 1.39. The summed E-state index contributed by atoms with van der Waals surface area (Å²) in [5.41, 5.74) is 1.81. The zero-order valence-corrected chi connectivity index (χ0v) is 16.6. The summed E-state index contributed by atoms with van der Waals surface area (Å²) in [7, 11) is -4.07. The molecule has 0 atom stereocenters. The Morgan fingerprint density at radius 3 is 2.31 bits per heavy atom. The number of carbonyl (C=O) groups is 1. The first-order valence-corrected chi connectivity index (χ1v) is 11.2. The molecule has 0 radical (unpaired) electrons. The van der Waals surface area contributed by atoms with Gasteiger partial charge >= 0.3 is 0 Å². The second kappa shape index (κ2) is 7.57. The van der Waals surface area contributed by atoms with E-state index in [1.54, 1.807) is 12.1 Å². The molecule has 29 heavy (non-hydrogen) atoms. The lowest BCUT2D eigenvalue weighted by molar-refractivity contribution is 0.102. The van der Waals surface area contributed by atoms with Gasteiger partial charge in [0.1, 0.15) is 0 Å². The van der Waals surface area contributed by atoms with Crippen molar-refractivity contribution >= 4 is 38.6 Å². The fraction of sp³-hybridized carbons (Fsp3) is 0.150. The maximum atomic E-state index is 13.3. The number of hydrogen-bond donors (Lipinski definition) is 2. The molecule has 3 aromatic rings. The number of benzene rings is 2. The van der Waals surface area contributed by atoms with E-state index in [4.69, 9.17) is 0 Å². The van der Waals surface area contributed by atoms with E-state index in [0.717, 1.165) is 30.5 Å². The van der Waals surface area contributed by atoms with Gasteiger partial charge in [-0.1, -0.05) is 0 Å². The van der Waals surface area contributed by atoms with Crippen molar-refractivity contribution in [3.63, 3.8) is 0 Å². The smallest absolute Gasteiger partial charge is 0.266 e. The third kappa shape index (κ3) is 4.30. The van der Waals surface area contributed by atoms with E-state index in [2.05, 4.69) is 10.0 Å². The zero-order chi connectivity index (χ0) is 20.6. The summed E-state index contributed by atoms with van der Waals surface area (Å²) in [5.74, 6) is -2.10. The summed E-state index contributed by atoms with van der Waals surface area (Å²) < 4.78 is 53.3. The van der Waals surface area contributed by atoms with Crippen LogP contribution in [0.3, 0.4) is 0 Å². The number of amides is 1. The van der Waals surface area contributed by atoms with E-state index in [9.17, 15) is 22.0 Å². The summed E-state index contributed by atoms with van der Waals surface area (Å²) in [6.07, 6.45) is 2.20. The number of halogens is 2. The van der Waals surface area contributed by atoms with Gasteiger partial charge in [-0.15, -0.1) is 11.3 Å². The predicted molar refractivity (Wildman–Crippen MR) is 108 cm³/mol. The van der Waals surface area contributed by atoms with Crippen LogP contribution >= 0.6 is 11.3 Å². The average Bonchev–Trinajstić information content (AvgIpc) is 3.41. The Morgan fingerprint density at radius 2 is 1.66 bits per heavy atom. The first kappa shape index (κ1) is 19.5. The van der Waals surface area contributed by atoms with E-state index < -0.39 is 21.7 Å². The van der Waals surface area contributed by atoms with Gasteiger partial charge in [0.05, 0.1) is 9.77 Å². The minimum Gasteiger partial charge on any atom is -0.321 e. The highest BCUT2D eigenvalue weighted by molar-refractivity contribution is 7.92. The number of carbonyl (C=O) groups excluding carboxylic acids is 1. The minimum atomic E-state index is -4.07. The molecular formula is C20H16F2N2O3S2. The molecule has 4 rings (SSSR count). The second-order valence-corrected chi connectivity index (χ2v) is 9.29. The highest BCUT2D eigenvalue weighted by Crippen LogP contribution is 2.43. The lowest BCUT2D eigenvalue weighted by Crippen LogP contribution is -2.14. The molecule has 1 fully saturated rings. The van der Waals surface area contributed by atoms with E-state index in [0.29, 0.717) is 22.5 Å². The van der Waals surface area contributed by atoms with E-state index in [1.807, 2.05) is 11.4 Å². The van der Waals surface area contributed by atoms with Gasteiger partial charge in [-0.05, 0) is 78.2 Å². The van der Waals surface area contributed by atoms with Gasteiger partial charge < -0.3 is 5.32 Å². The Balaban J connectivity index is 1.45. The van der Waals surface area contributed by atoms with Crippen LogP contribution in [0.1, 0.15) is 34.0 Å². The highest BCUT2D eigenvalue weighted by atomic mass is 32.2. The minimum absolute atomic E-state index is 0.197. The van der Waals surface area contributed by atoms with E-state index >= 15 is 0 Å². The molecule has 150 valence electrons. The molecule has 1 amide bonds. The van der Waals surface area contributed by atoms with Crippen molar-refractivity contribution in [3.05, 3.63) is 76.0 Å². The number of anilines is 2. The van der Waals surface area contributed by atoms with E-state index in [1.165, 1.54) is 23.5 Å². The van der Waals surface area contributed by atoms with Gasteiger partial charge in [0.2, 0.25) is 0 Å². The van der Waals surface area contributed by atoms with Gasteiger partial charge in [0.15, 0.2) is 11.6 Å². The second-order valence-electron chi connectivity index (χ2n) is 6.69. The molecule has 5 nitrogen and oxygen atoms in total. The molecule has 0 spiro atoms. The molecule has 1 aliphatic rings. The Labute approximate surface area is 170 Å². The van der Waals surface area contributed by atoms with Gasteiger partial charge in [0, 0.05) is 11.4 Å². The van der Waals surface area contributed by atoms with Crippen molar-refractivity contribution in [2.75, 3.05) is 10.0 Å². The van der Waals surface area contributed by atoms with Crippen molar-refractivity contribution in [1.82, 2.24) is 0 Å². The Bertz CT molecular complexity index is 1170. The summed E-state index contributed by atoms with van der Waals surface area (Å²) in [4.78, 5) is 12.8. The Kier molecular flexibility index (Phi) is 5.10. The van der Waals surface area contributed by atoms with Crippen LogP contribution in [0.2, 0.25) is 0 Å². The van der Waals surface area contributed by atoms with Crippen LogP contribution in [0, 0.1) is 11.6 Å². The topological polar surface area (TPSA) is 75.3 Å². The molecule has 9 heteroatoms. The molecule has 0 unspecified atom stereocenters. The fourth-order valence-electron chi connectivity index (χ4n) is 2.89. The van der Waals surface area contributed by atoms with Crippen LogP contribution in [0.4, 0.5) is 20.2 Å². The first-order chi connectivity index (χ1) is 13.8. The summed E-state index contributed by atoms with van der Waals surface area (Å²) in [6.45, 7) is 0.